The first-order valence-corrected chi connectivity index (χ1v) is 6.14. The third-order valence-electron chi connectivity index (χ3n) is 2.73. The highest BCUT2D eigenvalue weighted by Crippen LogP contribution is 2.13. The van der Waals surface area contributed by atoms with Gasteiger partial charge in [-0.3, -0.25) is 4.79 Å². The molecule has 1 rings (SSSR count). The van der Waals surface area contributed by atoms with E-state index in [2.05, 4.69) is 32.0 Å². The molecule has 0 unspecified atom stereocenters. The average molecular weight is 233 g/mol. The molecule has 0 aliphatic heterocycles. The summed E-state index contributed by atoms with van der Waals surface area (Å²) in [5.41, 5.74) is 9.16. The minimum atomic E-state index is -0.252. The third-order valence-corrected chi connectivity index (χ3v) is 2.73. The Labute approximate surface area is 104 Å². The minimum Gasteiger partial charge on any atom is -0.326 e. The summed E-state index contributed by atoms with van der Waals surface area (Å²) in [6.07, 6.45) is 1.84. The van der Waals surface area contributed by atoms with E-state index in [0.717, 1.165) is 12.0 Å². The largest absolute Gasteiger partial charge is 0.326 e. The van der Waals surface area contributed by atoms with Crippen molar-refractivity contribution in [2.45, 2.75) is 52.5 Å². The van der Waals surface area contributed by atoms with Gasteiger partial charge in [-0.05, 0) is 39.7 Å². The van der Waals surface area contributed by atoms with Crippen LogP contribution in [0.4, 0.5) is 0 Å². The Morgan fingerprint density at radius 1 is 1.18 bits per heavy atom. The van der Waals surface area contributed by atoms with Gasteiger partial charge in [-0.15, -0.1) is 0 Å². The number of ketones is 1. The maximum atomic E-state index is 11.8. The summed E-state index contributed by atoms with van der Waals surface area (Å²) in [6.45, 7) is 8.03. The van der Waals surface area contributed by atoms with Gasteiger partial charge in [0.15, 0.2) is 0 Å². The Morgan fingerprint density at radius 3 is 2.18 bits per heavy atom. The van der Waals surface area contributed by atoms with Crippen LogP contribution in [-0.4, -0.2) is 11.3 Å². The van der Waals surface area contributed by atoms with Crippen molar-refractivity contribution in [3.63, 3.8) is 0 Å². The zero-order valence-electron chi connectivity index (χ0n) is 11.3. The molecule has 0 aliphatic rings. The van der Waals surface area contributed by atoms with Crippen molar-refractivity contribution >= 4 is 5.78 Å². The lowest BCUT2D eigenvalue weighted by atomic mass is 9.95. The van der Waals surface area contributed by atoms with Gasteiger partial charge in [-0.25, -0.2) is 0 Å². The van der Waals surface area contributed by atoms with Crippen molar-refractivity contribution in [2.24, 2.45) is 5.73 Å². The molecule has 1 aromatic carbocycles. The summed E-state index contributed by atoms with van der Waals surface area (Å²) in [7, 11) is 0. The minimum absolute atomic E-state index is 0.252. The molecule has 0 saturated carbocycles. The molecule has 0 fully saturated rings. The normalized spacial score (nSPS) is 11.6. The fraction of sp³-hybridized carbons (Fsp3) is 0.533. The molecule has 94 valence electrons. The first-order chi connectivity index (χ1) is 7.76. The van der Waals surface area contributed by atoms with E-state index in [-0.39, 0.29) is 11.3 Å². The van der Waals surface area contributed by atoms with Gasteiger partial charge in [0.05, 0.1) is 0 Å². The highest BCUT2D eigenvalue weighted by Gasteiger charge is 2.13. The van der Waals surface area contributed by atoms with Crippen molar-refractivity contribution in [2.75, 3.05) is 0 Å². The average Bonchev–Trinajstić information content (AvgIpc) is 2.11. The highest BCUT2D eigenvalue weighted by molar-refractivity contribution is 5.81. The van der Waals surface area contributed by atoms with Crippen LogP contribution in [0.3, 0.4) is 0 Å². The summed E-state index contributed by atoms with van der Waals surface area (Å²) in [5, 5.41) is 0. The molecule has 0 atom stereocenters. The molecular weight excluding hydrogens is 210 g/mol. The molecule has 17 heavy (non-hydrogen) atoms. The summed E-state index contributed by atoms with van der Waals surface area (Å²) < 4.78 is 0. The number of carbonyl (C=O) groups is 1. The molecule has 2 nitrogen and oxygen atoms in total. The van der Waals surface area contributed by atoms with Crippen molar-refractivity contribution < 1.29 is 4.79 Å². The lowest BCUT2D eigenvalue weighted by molar-refractivity contribution is -0.118. The standard InChI is InChI=1S/C15H23NO/c1-11-7-12(2)9-13(8-11)10-14(17)5-6-15(3,4)16/h7-9H,5-6,10,16H2,1-4H3. The van der Waals surface area contributed by atoms with E-state index >= 15 is 0 Å². The fourth-order valence-electron chi connectivity index (χ4n) is 1.95. The van der Waals surface area contributed by atoms with E-state index in [0.29, 0.717) is 12.8 Å². The zero-order chi connectivity index (χ0) is 13.1. The van der Waals surface area contributed by atoms with E-state index in [4.69, 9.17) is 5.73 Å². The Balaban J connectivity index is 2.56. The van der Waals surface area contributed by atoms with Crippen molar-refractivity contribution in [3.05, 3.63) is 34.9 Å². The zero-order valence-corrected chi connectivity index (χ0v) is 11.3. The fourth-order valence-corrected chi connectivity index (χ4v) is 1.95. The van der Waals surface area contributed by atoms with Gasteiger partial charge < -0.3 is 5.73 Å². The summed E-state index contributed by atoms with van der Waals surface area (Å²) in [6, 6.07) is 6.29. The molecule has 0 bridgehead atoms. The maximum Gasteiger partial charge on any atom is 0.137 e. The molecule has 2 N–H and O–H groups in total. The van der Waals surface area contributed by atoms with Crippen LogP contribution in [0, 0.1) is 13.8 Å². The van der Waals surface area contributed by atoms with Gasteiger partial charge in [0.1, 0.15) is 5.78 Å². The second kappa shape index (κ2) is 5.46. The van der Waals surface area contributed by atoms with Gasteiger partial charge in [0.2, 0.25) is 0 Å². The third kappa shape index (κ3) is 5.64. The van der Waals surface area contributed by atoms with E-state index in [1.807, 2.05) is 13.8 Å². The van der Waals surface area contributed by atoms with Gasteiger partial charge in [-0.1, -0.05) is 29.3 Å². The summed E-state index contributed by atoms with van der Waals surface area (Å²) >= 11 is 0. The molecule has 2 heteroatoms. The van der Waals surface area contributed by atoms with Gasteiger partial charge in [-0.2, -0.15) is 0 Å². The second-order valence-electron chi connectivity index (χ2n) is 5.70. The van der Waals surface area contributed by atoms with Crippen molar-refractivity contribution in [1.29, 1.82) is 0 Å². The number of carbonyl (C=O) groups excluding carboxylic acids is 1. The first-order valence-electron chi connectivity index (χ1n) is 6.14. The number of hydrogen-bond donors (Lipinski definition) is 1. The predicted molar refractivity (Wildman–Crippen MR) is 72.1 cm³/mol. The van der Waals surface area contributed by atoms with Crippen LogP contribution >= 0.6 is 0 Å². The summed E-state index contributed by atoms with van der Waals surface area (Å²) in [5.74, 6) is 0.272. The number of hydrogen-bond acceptors (Lipinski definition) is 2. The second-order valence-corrected chi connectivity index (χ2v) is 5.70. The molecule has 1 aromatic rings. The quantitative estimate of drug-likeness (QED) is 0.849. The number of aryl methyl sites for hydroxylation is 2. The smallest absolute Gasteiger partial charge is 0.137 e. The molecule has 0 saturated heterocycles. The lowest BCUT2D eigenvalue weighted by Gasteiger charge is -2.17. The van der Waals surface area contributed by atoms with Crippen LogP contribution < -0.4 is 5.73 Å². The monoisotopic (exact) mass is 233 g/mol. The van der Waals surface area contributed by atoms with E-state index in [1.165, 1.54) is 11.1 Å². The molecule has 0 aromatic heterocycles. The summed E-state index contributed by atoms with van der Waals surface area (Å²) in [4.78, 5) is 11.8. The number of benzene rings is 1. The molecule has 0 heterocycles. The predicted octanol–water partition coefficient (Wildman–Crippen LogP) is 2.93. The van der Waals surface area contributed by atoms with Gasteiger partial charge in [0, 0.05) is 18.4 Å². The van der Waals surface area contributed by atoms with Gasteiger partial charge >= 0.3 is 0 Å². The molecule has 0 spiro atoms. The van der Waals surface area contributed by atoms with Crippen molar-refractivity contribution in [1.82, 2.24) is 0 Å². The molecular formula is C15H23NO. The van der Waals surface area contributed by atoms with Crippen LogP contribution in [0.5, 0.6) is 0 Å². The van der Waals surface area contributed by atoms with E-state index in [9.17, 15) is 4.79 Å². The Hall–Kier alpha value is -1.15. The lowest BCUT2D eigenvalue weighted by Crippen LogP contribution is -2.32. The molecule has 0 radical (unpaired) electrons. The number of nitrogens with two attached hydrogens (primary N) is 1. The van der Waals surface area contributed by atoms with E-state index < -0.39 is 0 Å². The van der Waals surface area contributed by atoms with Crippen LogP contribution in [0.2, 0.25) is 0 Å². The topological polar surface area (TPSA) is 43.1 Å². The Bertz CT molecular complexity index is 382. The van der Waals surface area contributed by atoms with Crippen LogP contribution in [-0.2, 0) is 11.2 Å². The van der Waals surface area contributed by atoms with Gasteiger partial charge in [0.25, 0.3) is 0 Å². The van der Waals surface area contributed by atoms with Crippen LogP contribution in [0.15, 0.2) is 18.2 Å². The Kier molecular flexibility index (Phi) is 4.47. The SMILES string of the molecule is Cc1cc(C)cc(CC(=O)CCC(C)(C)N)c1. The van der Waals surface area contributed by atoms with Crippen LogP contribution in [0.1, 0.15) is 43.4 Å². The van der Waals surface area contributed by atoms with E-state index in [1.54, 1.807) is 0 Å². The maximum absolute atomic E-state index is 11.8. The number of rotatable bonds is 5. The first kappa shape index (κ1) is 13.9. The highest BCUT2D eigenvalue weighted by atomic mass is 16.1. The molecule has 0 aliphatic carbocycles. The molecule has 0 amide bonds. The number of Topliss-reactive ketones (excluding diaryl/α,β-unsaturated/α-hetero) is 1. The Morgan fingerprint density at radius 2 is 1.71 bits per heavy atom. The van der Waals surface area contributed by atoms with Crippen molar-refractivity contribution in [3.8, 4) is 0 Å². The van der Waals surface area contributed by atoms with Crippen LogP contribution in [0.25, 0.3) is 0 Å².